The maximum Gasteiger partial charge on any atom is 0.319 e. The summed E-state index contributed by atoms with van der Waals surface area (Å²) in [7, 11) is 1.83. The predicted octanol–water partition coefficient (Wildman–Crippen LogP) is 1.39. The van der Waals surface area contributed by atoms with Gasteiger partial charge in [0.25, 0.3) is 0 Å². The largest absolute Gasteiger partial charge is 0.481 e. The Morgan fingerprint density at radius 1 is 1.24 bits per heavy atom. The number of hydrogen-bond acceptors (Lipinski definition) is 2. The maximum absolute atomic E-state index is 12.0. The fourth-order valence-corrected chi connectivity index (χ4v) is 2.86. The molecule has 0 spiro atoms. The van der Waals surface area contributed by atoms with Crippen molar-refractivity contribution in [2.45, 2.75) is 38.1 Å². The summed E-state index contributed by atoms with van der Waals surface area (Å²) in [6.07, 6.45) is 4.08. The molecule has 17 heavy (non-hydrogen) atoms. The second kappa shape index (κ2) is 4.94. The Morgan fingerprint density at radius 2 is 1.88 bits per heavy atom. The molecule has 2 fully saturated rings. The number of hydrogen-bond donors (Lipinski definition) is 1. The molecule has 0 bridgehead atoms. The van der Waals surface area contributed by atoms with E-state index in [4.69, 9.17) is 5.11 Å². The normalized spacial score (nSPS) is 30.5. The molecular formula is C12H20N2O3. The topological polar surface area (TPSA) is 60.9 Å². The Hall–Kier alpha value is -1.26. The van der Waals surface area contributed by atoms with Crippen LogP contribution in [0.2, 0.25) is 0 Å². The molecule has 5 heteroatoms. The zero-order valence-corrected chi connectivity index (χ0v) is 10.3. The van der Waals surface area contributed by atoms with Crippen LogP contribution in [-0.4, -0.2) is 53.1 Å². The molecule has 0 aromatic heterocycles. The predicted molar refractivity (Wildman–Crippen MR) is 62.7 cm³/mol. The molecule has 0 unspecified atom stereocenters. The van der Waals surface area contributed by atoms with Gasteiger partial charge in [-0.3, -0.25) is 4.79 Å². The molecule has 1 aliphatic carbocycles. The number of aliphatic carboxylic acids is 1. The van der Waals surface area contributed by atoms with Gasteiger partial charge in [-0.05, 0) is 32.1 Å². The smallest absolute Gasteiger partial charge is 0.319 e. The summed E-state index contributed by atoms with van der Waals surface area (Å²) in [5, 5.41) is 8.94. The number of carboxylic acids is 1. The van der Waals surface area contributed by atoms with Gasteiger partial charge < -0.3 is 14.9 Å². The fraction of sp³-hybridized carbons (Fsp3) is 0.833. The van der Waals surface area contributed by atoms with Gasteiger partial charge in [0.1, 0.15) is 0 Å². The van der Waals surface area contributed by atoms with E-state index in [2.05, 4.69) is 0 Å². The van der Waals surface area contributed by atoms with Gasteiger partial charge in [-0.2, -0.15) is 0 Å². The van der Waals surface area contributed by atoms with E-state index < -0.39 is 5.97 Å². The van der Waals surface area contributed by atoms with Crippen molar-refractivity contribution in [2.24, 2.45) is 5.92 Å². The van der Waals surface area contributed by atoms with Crippen LogP contribution in [0, 0.1) is 5.92 Å². The van der Waals surface area contributed by atoms with Crippen molar-refractivity contribution in [3.63, 3.8) is 0 Å². The second-order valence-corrected chi connectivity index (χ2v) is 5.09. The standard InChI is InChI=1S/C12H20N2O3/c1-13-7-2-8-14(12(13)17)10-5-3-9(4-6-10)11(15)16/h9-10H,2-8H2,1H3,(H,15,16)/t9-,10-. The lowest BCUT2D eigenvalue weighted by Crippen LogP contribution is -2.52. The minimum Gasteiger partial charge on any atom is -0.481 e. The summed E-state index contributed by atoms with van der Waals surface area (Å²) in [6, 6.07) is 0.357. The SMILES string of the molecule is CN1CCCN([C@H]2CC[C@H](C(=O)O)CC2)C1=O. The minimum absolute atomic E-state index is 0.107. The average Bonchev–Trinajstić information content (AvgIpc) is 2.33. The number of nitrogens with zero attached hydrogens (tertiary/aromatic N) is 2. The molecule has 2 aliphatic rings. The highest BCUT2D eigenvalue weighted by Crippen LogP contribution is 2.29. The fourth-order valence-electron chi connectivity index (χ4n) is 2.86. The lowest BCUT2D eigenvalue weighted by molar-refractivity contribution is -0.143. The highest BCUT2D eigenvalue weighted by Gasteiger charge is 2.33. The van der Waals surface area contributed by atoms with Gasteiger partial charge in [0, 0.05) is 26.2 Å². The number of rotatable bonds is 2. The Kier molecular flexibility index (Phi) is 3.54. The lowest BCUT2D eigenvalue weighted by atomic mass is 9.85. The van der Waals surface area contributed by atoms with Gasteiger partial charge in [0.05, 0.1) is 5.92 Å². The Labute approximate surface area is 101 Å². The summed E-state index contributed by atoms with van der Waals surface area (Å²) >= 11 is 0. The number of amides is 2. The summed E-state index contributed by atoms with van der Waals surface area (Å²) in [4.78, 5) is 26.5. The van der Waals surface area contributed by atoms with Crippen LogP contribution >= 0.6 is 0 Å². The zero-order chi connectivity index (χ0) is 12.4. The Morgan fingerprint density at radius 3 is 2.47 bits per heavy atom. The molecule has 0 aromatic carbocycles. The number of carbonyl (C=O) groups is 2. The van der Waals surface area contributed by atoms with Gasteiger partial charge in [-0.25, -0.2) is 4.79 Å². The van der Waals surface area contributed by atoms with Crippen LogP contribution in [0.1, 0.15) is 32.1 Å². The summed E-state index contributed by atoms with van der Waals surface area (Å²) in [5.74, 6) is -0.894. The molecular weight excluding hydrogens is 220 g/mol. The molecule has 1 saturated carbocycles. The van der Waals surface area contributed by atoms with E-state index in [1.54, 1.807) is 4.90 Å². The molecule has 1 saturated heterocycles. The Balaban J connectivity index is 1.92. The zero-order valence-electron chi connectivity index (χ0n) is 10.3. The van der Waals surface area contributed by atoms with E-state index in [0.29, 0.717) is 12.8 Å². The van der Waals surface area contributed by atoms with Crippen molar-refractivity contribution >= 4 is 12.0 Å². The molecule has 0 atom stereocenters. The van der Waals surface area contributed by atoms with Crippen LogP contribution in [0.5, 0.6) is 0 Å². The molecule has 2 amide bonds. The number of urea groups is 1. The van der Waals surface area contributed by atoms with Gasteiger partial charge >= 0.3 is 12.0 Å². The molecule has 1 N–H and O–H groups in total. The first-order valence-corrected chi connectivity index (χ1v) is 6.34. The second-order valence-electron chi connectivity index (χ2n) is 5.09. The monoisotopic (exact) mass is 240 g/mol. The first-order chi connectivity index (χ1) is 8.09. The van der Waals surface area contributed by atoms with Crippen molar-refractivity contribution in [1.82, 2.24) is 9.80 Å². The van der Waals surface area contributed by atoms with Crippen LogP contribution in [0.25, 0.3) is 0 Å². The lowest BCUT2D eigenvalue weighted by Gasteiger charge is -2.41. The van der Waals surface area contributed by atoms with Crippen LogP contribution in [0.4, 0.5) is 4.79 Å². The van der Waals surface area contributed by atoms with Gasteiger partial charge in [-0.1, -0.05) is 0 Å². The van der Waals surface area contributed by atoms with Gasteiger partial charge in [0.2, 0.25) is 0 Å². The Bertz CT molecular complexity index is 311. The first kappa shape index (κ1) is 12.2. The van der Waals surface area contributed by atoms with Gasteiger partial charge in [0.15, 0.2) is 0 Å². The van der Waals surface area contributed by atoms with Crippen molar-refractivity contribution in [1.29, 1.82) is 0 Å². The van der Waals surface area contributed by atoms with E-state index in [1.807, 2.05) is 11.9 Å². The number of carbonyl (C=O) groups excluding carboxylic acids is 1. The maximum atomic E-state index is 12.0. The van der Waals surface area contributed by atoms with Crippen LogP contribution in [-0.2, 0) is 4.79 Å². The van der Waals surface area contributed by atoms with Crippen LogP contribution in [0.3, 0.4) is 0 Å². The summed E-state index contributed by atoms with van der Waals surface area (Å²) in [6.45, 7) is 1.66. The minimum atomic E-state index is -0.689. The van der Waals surface area contributed by atoms with Crippen molar-refractivity contribution in [3.05, 3.63) is 0 Å². The molecule has 0 aromatic rings. The summed E-state index contributed by atoms with van der Waals surface area (Å²) in [5.41, 5.74) is 0. The van der Waals surface area contributed by atoms with Crippen molar-refractivity contribution in [3.8, 4) is 0 Å². The number of carboxylic acid groups (broad SMARTS) is 1. The third kappa shape index (κ3) is 2.53. The van der Waals surface area contributed by atoms with E-state index in [-0.39, 0.29) is 18.0 Å². The molecule has 5 nitrogen and oxygen atoms in total. The summed E-state index contributed by atoms with van der Waals surface area (Å²) < 4.78 is 0. The van der Waals surface area contributed by atoms with E-state index in [0.717, 1.165) is 32.4 Å². The highest BCUT2D eigenvalue weighted by molar-refractivity contribution is 5.75. The molecule has 96 valence electrons. The van der Waals surface area contributed by atoms with Crippen LogP contribution < -0.4 is 0 Å². The van der Waals surface area contributed by atoms with E-state index in [1.165, 1.54) is 0 Å². The quantitative estimate of drug-likeness (QED) is 0.793. The molecule has 0 radical (unpaired) electrons. The third-order valence-corrected chi connectivity index (χ3v) is 3.95. The average molecular weight is 240 g/mol. The van der Waals surface area contributed by atoms with Crippen molar-refractivity contribution in [2.75, 3.05) is 20.1 Å². The van der Waals surface area contributed by atoms with Crippen LogP contribution in [0.15, 0.2) is 0 Å². The van der Waals surface area contributed by atoms with E-state index in [9.17, 15) is 9.59 Å². The first-order valence-electron chi connectivity index (χ1n) is 6.34. The van der Waals surface area contributed by atoms with E-state index >= 15 is 0 Å². The molecule has 1 aliphatic heterocycles. The van der Waals surface area contributed by atoms with Gasteiger partial charge in [-0.15, -0.1) is 0 Å². The highest BCUT2D eigenvalue weighted by atomic mass is 16.4. The third-order valence-electron chi connectivity index (χ3n) is 3.95. The molecule has 1 heterocycles. The molecule has 2 rings (SSSR count). The van der Waals surface area contributed by atoms with Crippen molar-refractivity contribution < 1.29 is 14.7 Å².